The standard InChI is InChI=1S/C5H2BrFN/c6-5-2-1-4(7)3-8-5/h2-3H. The molecular formula is C5H2BrFN. The van der Waals surface area contributed by atoms with Crippen molar-refractivity contribution < 1.29 is 4.39 Å². The molecule has 1 nitrogen and oxygen atoms in total. The maximum Gasteiger partial charge on any atom is 0.149 e. The van der Waals surface area contributed by atoms with Crippen LogP contribution in [-0.2, 0) is 0 Å². The molecule has 1 aromatic rings. The van der Waals surface area contributed by atoms with Crippen LogP contribution in [-0.4, -0.2) is 4.98 Å². The molecule has 41 valence electrons. The summed E-state index contributed by atoms with van der Waals surface area (Å²) in [6.07, 6.45) is 1.10. The van der Waals surface area contributed by atoms with Crippen molar-refractivity contribution in [2.24, 2.45) is 0 Å². The largest absolute Gasteiger partial charge is 0.246 e. The molecule has 0 amide bonds. The van der Waals surface area contributed by atoms with Crippen molar-refractivity contribution in [2.75, 3.05) is 0 Å². The van der Waals surface area contributed by atoms with Gasteiger partial charge in [0.15, 0.2) is 0 Å². The minimum atomic E-state index is -0.437. The summed E-state index contributed by atoms with van der Waals surface area (Å²) in [6.45, 7) is 0. The normalized spacial score (nSPS) is 9.25. The van der Waals surface area contributed by atoms with Crippen LogP contribution in [0.4, 0.5) is 4.39 Å². The van der Waals surface area contributed by atoms with Gasteiger partial charge < -0.3 is 0 Å². The van der Waals surface area contributed by atoms with Crippen molar-refractivity contribution in [1.29, 1.82) is 0 Å². The maximum atomic E-state index is 11.9. The van der Waals surface area contributed by atoms with Gasteiger partial charge in [-0.25, -0.2) is 9.37 Å². The quantitative estimate of drug-likeness (QED) is 0.547. The number of hydrogen-bond acceptors (Lipinski definition) is 1. The smallest absolute Gasteiger partial charge is 0.149 e. The zero-order chi connectivity index (χ0) is 5.98. The van der Waals surface area contributed by atoms with Crippen LogP contribution in [0.3, 0.4) is 0 Å². The Morgan fingerprint density at radius 2 is 2.50 bits per heavy atom. The molecule has 1 heterocycles. The fraction of sp³-hybridized carbons (Fsp3) is 0. The molecule has 0 saturated heterocycles. The Labute approximate surface area is 54.7 Å². The third kappa shape index (κ3) is 1.26. The molecule has 0 saturated carbocycles. The molecule has 0 spiro atoms. The van der Waals surface area contributed by atoms with Crippen LogP contribution in [0.15, 0.2) is 16.9 Å². The second-order valence-corrected chi connectivity index (χ2v) is 2.03. The lowest BCUT2D eigenvalue weighted by molar-refractivity contribution is 0.618. The van der Waals surface area contributed by atoms with Gasteiger partial charge in [0, 0.05) is 6.07 Å². The second-order valence-electron chi connectivity index (χ2n) is 1.22. The Hall–Kier alpha value is -0.440. The summed E-state index contributed by atoms with van der Waals surface area (Å²) in [7, 11) is 0. The van der Waals surface area contributed by atoms with Gasteiger partial charge in [-0.3, -0.25) is 0 Å². The van der Waals surface area contributed by atoms with E-state index >= 15 is 0 Å². The van der Waals surface area contributed by atoms with Gasteiger partial charge in [-0.05, 0) is 22.0 Å². The molecule has 3 heteroatoms. The zero-order valence-corrected chi connectivity index (χ0v) is 5.44. The Balaban J connectivity index is 3.03. The van der Waals surface area contributed by atoms with Gasteiger partial charge >= 0.3 is 0 Å². The predicted molar refractivity (Wildman–Crippen MR) is 30.7 cm³/mol. The third-order valence-corrected chi connectivity index (χ3v) is 1.06. The number of nitrogens with zero attached hydrogens (tertiary/aromatic N) is 1. The monoisotopic (exact) mass is 174 g/mol. The van der Waals surface area contributed by atoms with Gasteiger partial charge in [0.05, 0.1) is 6.20 Å². The molecule has 0 aliphatic rings. The highest BCUT2D eigenvalue weighted by Crippen LogP contribution is 2.03. The molecule has 0 aliphatic heterocycles. The summed E-state index contributed by atoms with van der Waals surface area (Å²) in [5.41, 5.74) is 0. The fourth-order valence-electron chi connectivity index (χ4n) is 0.321. The molecule has 1 rings (SSSR count). The van der Waals surface area contributed by atoms with Crippen LogP contribution in [0.25, 0.3) is 0 Å². The first kappa shape index (κ1) is 5.69. The second kappa shape index (κ2) is 2.22. The third-order valence-electron chi connectivity index (χ3n) is 0.630. The van der Waals surface area contributed by atoms with Crippen LogP contribution in [0.5, 0.6) is 0 Å². The molecule has 1 radical (unpaired) electrons. The van der Waals surface area contributed by atoms with E-state index in [1.807, 2.05) is 0 Å². The van der Waals surface area contributed by atoms with E-state index in [4.69, 9.17) is 0 Å². The van der Waals surface area contributed by atoms with Crippen LogP contribution >= 0.6 is 15.9 Å². The molecule has 0 unspecified atom stereocenters. The van der Waals surface area contributed by atoms with E-state index < -0.39 is 5.82 Å². The fourth-order valence-corrected chi connectivity index (χ4v) is 0.538. The van der Waals surface area contributed by atoms with E-state index in [0.717, 1.165) is 6.20 Å². The van der Waals surface area contributed by atoms with Crippen LogP contribution in [0, 0.1) is 11.9 Å². The minimum absolute atomic E-state index is 0.437. The summed E-state index contributed by atoms with van der Waals surface area (Å²) in [4.78, 5) is 3.59. The molecule has 0 atom stereocenters. The van der Waals surface area contributed by atoms with Crippen molar-refractivity contribution in [1.82, 2.24) is 4.98 Å². The summed E-state index contributed by atoms with van der Waals surface area (Å²) in [5.74, 6) is -0.437. The summed E-state index contributed by atoms with van der Waals surface area (Å²) < 4.78 is 12.5. The Morgan fingerprint density at radius 1 is 1.75 bits per heavy atom. The average molecular weight is 175 g/mol. The molecule has 1 aromatic heterocycles. The topological polar surface area (TPSA) is 12.9 Å². The highest BCUT2D eigenvalue weighted by Gasteiger charge is 1.87. The highest BCUT2D eigenvalue weighted by atomic mass is 79.9. The number of rotatable bonds is 0. The maximum absolute atomic E-state index is 11.9. The van der Waals surface area contributed by atoms with Crippen LogP contribution in [0.2, 0.25) is 0 Å². The zero-order valence-electron chi connectivity index (χ0n) is 3.86. The van der Waals surface area contributed by atoms with E-state index in [-0.39, 0.29) is 0 Å². The van der Waals surface area contributed by atoms with Crippen molar-refractivity contribution >= 4 is 15.9 Å². The van der Waals surface area contributed by atoms with E-state index in [0.29, 0.717) is 4.60 Å². The number of aromatic nitrogens is 1. The molecule has 0 bridgehead atoms. The van der Waals surface area contributed by atoms with E-state index in [1.54, 1.807) is 0 Å². The lowest BCUT2D eigenvalue weighted by atomic mass is 10.5. The van der Waals surface area contributed by atoms with Gasteiger partial charge in [-0.15, -0.1) is 0 Å². The highest BCUT2D eigenvalue weighted by molar-refractivity contribution is 9.10. The Morgan fingerprint density at radius 3 is 2.88 bits per heavy atom. The predicted octanol–water partition coefficient (Wildman–Crippen LogP) is 1.78. The molecule has 0 aromatic carbocycles. The number of halogens is 2. The number of pyridine rings is 1. The summed E-state index contributed by atoms with van der Waals surface area (Å²) in [5, 5.41) is 0. The molecule has 0 N–H and O–H groups in total. The van der Waals surface area contributed by atoms with Gasteiger partial charge in [0.25, 0.3) is 0 Å². The number of hydrogen-bond donors (Lipinski definition) is 0. The lowest BCUT2D eigenvalue weighted by Crippen LogP contribution is -1.76. The SMILES string of the molecule is Fc1[c]cc(Br)nc1. The molecule has 0 aliphatic carbocycles. The summed E-state index contributed by atoms with van der Waals surface area (Å²) >= 11 is 3.04. The first-order valence-electron chi connectivity index (χ1n) is 1.98. The average Bonchev–Trinajstić information content (AvgIpc) is 1.77. The molecular weight excluding hydrogens is 173 g/mol. The Kier molecular flexibility index (Phi) is 1.58. The van der Waals surface area contributed by atoms with Crippen molar-refractivity contribution in [2.45, 2.75) is 0 Å². The minimum Gasteiger partial charge on any atom is -0.246 e. The van der Waals surface area contributed by atoms with Crippen molar-refractivity contribution in [3.63, 3.8) is 0 Å². The Bertz CT molecular complexity index is 151. The lowest BCUT2D eigenvalue weighted by Gasteiger charge is -1.83. The summed E-state index contributed by atoms with van der Waals surface area (Å²) in [6, 6.07) is 3.75. The first-order valence-corrected chi connectivity index (χ1v) is 2.77. The van der Waals surface area contributed by atoms with Gasteiger partial charge in [-0.2, -0.15) is 0 Å². The van der Waals surface area contributed by atoms with Crippen LogP contribution in [0.1, 0.15) is 0 Å². The molecule has 8 heavy (non-hydrogen) atoms. The van der Waals surface area contributed by atoms with E-state index in [9.17, 15) is 4.39 Å². The van der Waals surface area contributed by atoms with E-state index in [2.05, 4.69) is 27.0 Å². The van der Waals surface area contributed by atoms with Crippen molar-refractivity contribution in [3.05, 3.63) is 28.7 Å². The van der Waals surface area contributed by atoms with Crippen LogP contribution < -0.4 is 0 Å². The first-order chi connectivity index (χ1) is 3.79. The van der Waals surface area contributed by atoms with E-state index in [1.165, 1.54) is 6.07 Å². The van der Waals surface area contributed by atoms with Gasteiger partial charge in [0.1, 0.15) is 10.4 Å². The van der Waals surface area contributed by atoms with Gasteiger partial charge in [-0.1, -0.05) is 0 Å². The van der Waals surface area contributed by atoms with Crippen molar-refractivity contribution in [3.8, 4) is 0 Å². The molecule has 0 fully saturated rings. The van der Waals surface area contributed by atoms with Gasteiger partial charge in [0.2, 0.25) is 0 Å².